The van der Waals surface area contributed by atoms with Crippen molar-refractivity contribution >= 4 is 34.4 Å². The number of carbonyl (C=O) groups excluding carboxylic acids is 2. The standard InChI is InChI=1S/C20H18FN3O3S/c1-2-27-20(26)24-10-9-15-16(11-22)19(28-17(15)12-24)23-18(25)8-5-13-3-6-14(21)7-4-13/h3-8H,2,9-10,12H2,1H3,(H,23,25)/b8-5+. The van der Waals surface area contributed by atoms with Crippen LogP contribution < -0.4 is 5.32 Å². The summed E-state index contributed by atoms with van der Waals surface area (Å²) in [5.41, 5.74) is 1.99. The zero-order valence-corrected chi connectivity index (χ0v) is 16.0. The summed E-state index contributed by atoms with van der Waals surface area (Å²) in [7, 11) is 0. The predicted molar refractivity (Wildman–Crippen MR) is 104 cm³/mol. The summed E-state index contributed by atoms with van der Waals surface area (Å²) >= 11 is 1.29. The molecule has 3 rings (SSSR count). The number of carbonyl (C=O) groups is 2. The number of hydrogen-bond acceptors (Lipinski definition) is 5. The topological polar surface area (TPSA) is 82.4 Å². The van der Waals surface area contributed by atoms with Gasteiger partial charge in [0.15, 0.2) is 0 Å². The lowest BCUT2D eigenvalue weighted by molar-refractivity contribution is -0.111. The van der Waals surface area contributed by atoms with E-state index in [9.17, 15) is 19.2 Å². The maximum absolute atomic E-state index is 12.9. The van der Waals surface area contributed by atoms with Crippen molar-refractivity contribution in [2.45, 2.75) is 19.9 Å². The number of fused-ring (bicyclic) bond motifs is 1. The van der Waals surface area contributed by atoms with E-state index in [1.54, 1.807) is 30.0 Å². The zero-order valence-electron chi connectivity index (χ0n) is 15.2. The van der Waals surface area contributed by atoms with Crippen LogP contribution in [0.2, 0.25) is 0 Å². The molecule has 0 spiro atoms. The highest BCUT2D eigenvalue weighted by Gasteiger charge is 2.27. The molecule has 0 bridgehead atoms. The fourth-order valence-corrected chi connectivity index (χ4v) is 4.10. The Morgan fingerprint density at radius 2 is 2.14 bits per heavy atom. The molecule has 6 nitrogen and oxygen atoms in total. The van der Waals surface area contributed by atoms with Gasteiger partial charge in [-0.2, -0.15) is 5.26 Å². The number of hydrogen-bond donors (Lipinski definition) is 1. The molecule has 1 N–H and O–H groups in total. The molecular formula is C20H18FN3O3S. The maximum atomic E-state index is 12.9. The second kappa shape index (κ2) is 8.67. The van der Waals surface area contributed by atoms with E-state index >= 15 is 0 Å². The van der Waals surface area contributed by atoms with Crippen molar-refractivity contribution in [3.05, 3.63) is 57.7 Å². The van der Waals surface area contributed by atoms with Crippen molar-refractivity contribution < 1.29 is 18.7 Å². The number of nitriles is 1. The Labute approximate surface area is 165 Å². The second-order valence-electron chi connectivity index (χ2n) is 6.06. The lowest BCUT2D eigenvalue weighted by Gasteiger charge is -2.25. The molecule has 0 unspecified atom stereocenters. The molecule has 0 saturated carbocycles. The number of halogens is 1. The number of nitrogens with zero attached hydrogens (tertiary/aromatic N) is 2. The van der Waals surface area contributed by atoms with E-state index in [1.165, 1.54) is 29.5 Å². The maximum Gasteiger partial charge on any atom is 0.410 e. The number of thiophene rings is 1. The largest absolute Gasteiger partial charge is 0.450 e. The van der Waals surface area contributed by atoms with Gasteiger partial charge in [-0.1, -0.05) is 12.1 Å². The Kier molecular flexibility index (Phi) is 6.06. The molecule has 0 saturated heterocycles. The lowest BCUT2D eigenvalue weighted by Crippen LogP contribution is -2.35. The molecule has 1 aromatic carbocycles. The van der Waals surface area contributed by atoms with Crippen LogP contribution in [0.1, 0.15) is 28.5 Å². The van der Waals surface area contributed by atoms with Crippen molar-refractivity contribution in [1.82, 2.24) is 4.90 Å². The van der Waals surface area contributed by atoms with Crippen LogP contribution in [0.3, 0.4) is 0 Å². The van der Waals surface area contributed by atoms with E-state index in [0.29, 0.717) is 42.2 Å². The molecule has 0 fully saturated rings. The van der Waals surface area contributed by atoms with Crippen LogP contribution in [-0.4, -0.2) is 30.1 Å². The van der Waals surface area contributed by atoms with Gasteiger partial charge in [-0.3, -0.25) is 4.79 Å². The van der Waals surface area contributed by atoms with Gasteiger partial charge in [-0.25, -0.2) is 9.18 Å². The van der Waals surface area contributed by atoms with Crippen LogP contribution in [0.25, 0.3) is 6.08 Å². The first-order valence-corrected chi connectivity index (χ1v) is 9.54. The summed E-state index contributed by atoms with van der Waals surface area (Å²) in [6.07, 6.45) is 3.05. The van der Waals surface area contributed by atoms with Gasteiger partial charge in [0.1, 0.15) is 16.9 Å². The average Bonchev–Trinajstić information content (AvgIpc) is 3.03. The molecule has 144 valence electrons. The van der Waals surface area contributed by atoms with Gasteiger partial charge < -0.3 is 15.0 Å². The summed E-state index contributed by atoms with van der Waals surface area (Å²) in [4.78, 5) is 26.6. The quantitative estimate of drug-likeness (QED) is 0.790. The number of benzene rings is 1. The van der Waals surface area contributed by atoms with Gasteiger partial charge in [-0.15, -0.1) is 11.3 Å². The van der Waals surface area contributed by atoms with Crippen LogP contribution in [0.4, 0.5) is 14.2 Å². The number of anilines is 1. The average molecular weight is 399 g/mol. The van der Waals surface area contributed by atoms with Gasteiger partial charge in [0, 0.05) is 17.5 Å². The Balaban J connectivity index is 1.73. The minimum atomic E-state index is -0.387. The third kappa shape index (κ3) is 4.38. The first-order chi connectivity index (χ1) is 13.5. The molecule has 1 aromatic heterocycles. The predicted octanol–water partition coefficient (Wildman–Crippen LogP) is 3.93. The van der Waals surface area contributed by atoms with Crippen molar-refractivity contribution in [2.75, 3.05) is 18.5 Å². The highest BCUT2D eigenvalue weighted by Crippen LogP contribution is 2.36. The monoisotopic (exact) mass is 399 g/mol. The Bertz CT molecular complexity index is 960. The van der Waals surface area contributed by atoms with Gasteiger partial charge >= 0.3 is 6.09 Å². The Morgan fingerprint density at radius 1 is 1.39 bits per heavy atom. The normalized spacial score (nSPS) is 13.1. The fourth-order valence-electron chi connectivity index (χ4n) is 2.88. The van der Waals surface area contributed by atoms with Gasteiger partial charge in [-0.05, 0) is 42.7 Å². The van der Waals surface area contributed by atoms with Crippen molar-refractivity contribution in [1.29, 1.82) is 5.26 Å². The minimum absolute atomic E-state index is 0.303. The Morgan fingerprint density at radius 3 is 2.82 bits per heavy atom. The summed E-state index contributed by atoms with van der Waals surface area (Å²) in [6.45, 7) is 2.88. The van der Waals surface area contributed by atoms with Crippen LogP contribution in [0, 0.1) is 17.1 Å². The van der Waals surface area contributed by atoms with Crippen molar-refractivity contribution in [2.24, 2.45) is 0 Å². The third-order valence-corrected chi connectivity index (χ3v) is 5.36. The van der Waals surface area contributed by atoms with Crippen LogP contribution in [0.5, 0.6) is 0 Å². The molecule has 28 heavy (non-hydrogen) atoms. The van der Waals surface area contributed by atoms with E-state index in [2.05, 4.69) is 11.4 Å². The zero-order chi connectivity index (χ0) is 20.1. The van der Waals surface area contributed by atoms with E-state index in [0.717, 1.165) is 10.4 Å². The minimum Gasteiger partial charge on any atom is -0.450 e. The number of nitrogens with one attached hydrogen (secondary N) is 1. The molecular weight excluding hydrogens is 381 g/mol. The third-order valence-electron chi connectivity index (χ3n) is 4.23. The van der Waals surface area contributed by atoms with Gasteiger partial charge in [0.05, 0.1) is 18.7 Å². The summed E-state index contributed by atoms with van der Waals surface area (Å²) in [5.74, 6) is -0.733. The number of ether oxygens (including phenoxy) is 1. The highest BCUT2D eigenvalue weighted by atomic mass is 32.1. The SMILES string of the molecule is CCOC(=O)N1CCc2c(sc(NC(=O)/C=C/c3ccc(F)cc3)c2C#N)C1. The lowest BCUT2D eigenvalue weighted by atomic mass is 10.0. The summed E-state index contributed by atoms with van der Waals surface area (Å²) in [6, 6.07) is 7.91. The fraction of sp³-hybridized carbons (Fsp3) is 0.250. The molecule has 2 heterocycles. The smallest absolute Gasteiger partial charge is 0.410 e. The van der Waals surface area contributed by atoms with Crippen LogP contribution in [0.15, 0.2) is 30.3 Å². The molecule has 0 aliphatic carbocycles. The Hall–Kier alpha value is -3.18. The number of amides is 2. The molecule has 8 heteroatoms. The second-order valence-corrected chi connectivity index (χ2v) is 7.17. The highest BCUT2D eigenvalue weighted by molar-refractivity contribution is 7.16. The molecule has 2 aromatic rings. The molecule has 0 atom stereocenters. The van der Waals surface area contributed by atoms with E-state index in [4.69, 9.17) is 4.74 Å². The van der Waals surface area contributed by atoms with Crippen molar-refractivity contribution in [3.63, 3.8) is 0 Å². The molecule has 1 aliphatic heterocycles. The van der Waals surface area contributed by atoms with Crippen LogP contribution >= 0.6 is 11.3 Å². The first-order valence-electron chi connectivity index (χ1n) is 8.72. The van der Waals surface area contributed by atoms with E-state index < -0.39 is 0 Å². The van der Waals surface area contributed by atoms with E-state index in [-0.39, 0.29) is 17.8 Å². The first kappa shape index (κ1) is 19.6. The molecule has 1 aliphatic rings. The van der Waals surface area contributed by atoms with Crippen molar-refractivity contribution in [3.8, 4) is 6.07 Å². The van der Waals surface area contributed by atoms with E-state index in [1.807, 2.05) is 0 Å². The summed E-state index contributed by atoms with van der Waals surface area (Å²) < 4.78 is 18.0. The van der Waals surface area contributed by atoms with Gasteiger partial charge in [0.25, 0.3) is 0 Å². The van der Waals surface area contributed by atoms with Crippen LogP contribution in [-0.2, 0) is 22.5 Å². The summed E-state index contributed by atoms with van der Waals surface area (Å²) in [5, 5.41) is 12.7. The molecule has 2 amide bonds. The molecule has 0 radical (unpaired) electrons. The number of rotatable bonds is 4. The van der Waals surface area contributed by atoms with Gasteiger partial charge in [0.2, 0.25) is 5.91 Å².